The first-order valence-electron chi connectivity index (χ1n) is 8.46. The maximum absolute atomic E-state index is 13.3. The highest BCUT2D eigenvalue weighted by Crippen LogP contribution is 2.31. The van der Waals surface area contributed by atoms with E-state index < -0.39 is 5.82 Å². The van der Waals surface area contributed by atoms with Crippen LogP contribution in [0.1, 0.15) is 29.3 Å². The van der Waals surface area contributed by atoms with E-state index in [1.165, 1.54) is 18.2 Å². The molecule has 138 valence electrons. The van der Waals surface area contributed by atoms with E-state index in [9.17, 15) is 9.18 Å². The highest BCUT2D eigenvalue weighted by Gasteiger charge is 2.13. The highest BCUT2D eigenvalue weighted by atomic mass is 19.1. The van der Waals surface area contributed by atoms with Gasteiger partial charge >= 0.3 is 0 Å². The Kier molecular flexibility index (Phi) is 6.78. The SMILES string of the molecule is C=C(CCN(C)C(=O)c1cccc(F)c1)c1ccc(OC)c(OCC)c1. The highest BCUT2D eigenvalue weighted by molar-refractivity contribution is 5.94. The first-order valence-corrected chi connectivity index (χ1v) is 8.46. The summed E-state index contributed by atoms with van der Waals surface area (Å²) in [6.45, 7) is 7.03. The molecular weight excluding hydrogens is 333 g/mol. The van der Waals surface area contributed by atoms with Gasteiger partial charge in [-0.2, -0.15) is 0 Å². The van der Waals surface area contributed by atoms with Gasteiger partial charge in [-0.05, 0) is 54.8 Å². The van der Waals surface area contributed by atoms with Crippen molar-refractivity contribution in [1.29, 1.82) is 0 Å². The monoisotopic (exact) mass is 357 g/mol. The quantitative estimate of drug-likeness (QED) is 0.702. The number of hydrogen-bond donors (Lipinski definition) is 0. The van der Waals surface area contributed by atoms with Crippen LogP contribution in [0.2, 0.25) is 0 Å². The predicted octanol–water partition coefficient (Wildman–Crippen LogP) is 4.41. The molecule has 0 unspecified atom stereocenters. The Morgan fingerprint density at radius 2 is 1.92 bits per heavy atom. The lowest BCUT2D eigenvalue weighted by Gasteiger charge is -2.18. The van der Waals surface area contributed by atoms with E-state index in [1.807, 2.05) is 25.1 Å². The molecule has 0 saturated heterocycles. The zero-order valence-electron chi connectivity index (χ0n) is 15.4. The number of carbonyl (C=O) groups is 1. The van der Waals surface area contributed by atoms with Crippen LogP contribution < -0.4 is 9.47 Å². The summed E-state index contributed by atoms with van der Waals surface area (Å²) in [5.41, 5.74) is 2.15. The van der Waals surface area contributed by atoms with Gasteiger partial charge in [0.05, 0.1) is 13.7 Å². The van der Waals surface area contributed by atoms with Gasteiger partial charge in [0.2, 0.25) is 0 Å². The second kappa shape index (κ2) is 9.04. The summed E-state index contributed by atoms with van der Waals surface area (Å²) < 4.78 is 24.1. The van der Waals surface area contributed by atoms with E-state index in [0.717, 1.165) is 11.1 Å². The molecule has 0 aromatic heterocycles. The number of carbonyl (C=O) groups excluding carboxylic acids is 1. The van der Waals surface area contributed by atoms with E-state index in [-0.39, 0.29) is 5.91 Å². The average molecular weight is 357 g/mol. The van der Waals surface area contributed by atoms with Crippen molar-refractivity contribution in [2.24, 2.45) is 0 Å². The summed E-state index contributed by atoms with van der Waals surface area (Å²) in [6.07, 6.45) is 0.593. The van der Waals surface area contributed by atoms with Crippen molar-refractivity contribution in [1.82, 2.24) is 4.90 Å². The predicted molar refractivity (Wildman–Crippen MR) is 101 cm³/mol. The molecule has 0 bridgehead atoms. The van der Waals surface area contributed by atoms with Crippen molar-refractivity contribution < 1.29 is 18.7 Å². The van der Waals surface area contributed by atoms with E-state index in [2.05, 4.69) is 6.58 Å². The third kappa shape index (κ3) is 4.85. The summed E-state index contributed by atoms with van der Waals surface area (Å²) in [5.74, 6) is 0.692. The van der Waals surface area contributed by atoms with Crippen LogP contribution in [-0.4, -0.2) is 38.1 Å². The molecule has 0 N–H and O–H groups in total. The maximum Gasteiger partial charge on any atom is 0.253 e. The van der Waals surface area contributed by atoms with E-state index >= 15 is 0 Å². The normalized spacial score (nSPS) is 10.3. The second-order valence-corrected chi connectivity index (χ2v) is 5.89. The minimum Gasteiger partial charge on any atom is -0.493 e. The topological polar surface area (TPSA) is 38.8 Å². The molecule has 2 aromatic carbocycles. The van der Waals surface area contributed by atoms with Crippen LogP contribution in [0.15, 0.2) is 49.0 Å². The lowest BCUT2D eigenvalue weighted by Crippen LogP contribution is -2.27. The van der Waals surface area contributed by atoms with E-state index in [4.69, 9.17) is 9.47 Å². The van der Waals surface area contributed by atoms with Gasteiger partial charge in [0.25, 0.3) is 5.91 Å². The first kappa shape index (κ1) is 19.5. The molecule has 2 aromatic rings. The molecule has 26 heavy (non-hydrogen) atoms. The molecule has 0 aliphatic carbocycles. The summed E-state index contributed by atoms with van der Waals surface area (Å²) in [4.78, 5) is 13.9. The Balaban J connectivity index is 2.01. The Labute approximate surface area is 153 Å². The number of benzene rings is 2. The fourth-order valence-electron chi connectivity index (χ4n) is 2.56. The molecule has 2 rings (SSSR count). The fraction of sp³-hybridized carbons (Fsp3) is 0.286. The van der Waals surface area contributed by atoms with Gasteiger partial charge in [-0.1, -0.05) is 18.7 Å². The largest absolute Gasteiger partial charge is 0.493 e. The third-order valence-corrected chi connectivity index (χ3v) is 4.04. The number of nitrogens with zero attached hydrogens (tertiary/aromatic N) is 1. The fourth-order valence-corrected chi connectivity index (χ4v) is 2.56. The van der Waals surface area contributed by atoms with Crippen LogP contribution in [0.3, 0.4) is 0 Å². The molecule has 0 fully saturated rings. The van der Waals surface area contributed by atoms with Crippen molar-refractivity contribution in [3.05, 3.63) is 66.0 Å². The summed E-state index contributed by atoms with van der Waals surface area (Å²) in [5, 5.41) is 0. The molecule has 4 nitrogen and oxygen atoms in total. The molecule has 0 aliphatic heterocycles. The lowest BCUT2D eigenvalue weighted by molar-refractivity contribution is 0.0797. The molecule has 0 spiro atoms. The van der Waals surface area contributed by atoms with E-state index in [1.54, 1.807) is 25.1 Å². The second-order valence-electron chi connectivity index (χ2n) is 5.89. The molecule has 0 saturated carbocycles. The van der Waals surface area contributed by atoms with Crippen molar-refractivity contribution in [2.45, 2.75) is 13.3 Å². The van der Waals surface area contributed by atoms with Gasteiger partial charge in [0.1, 0.15) is 5.82 Å². The van der Waals surface area contributed by atoms with Crippen molar-refractivity contribution in [3.63, 3.8) is 0 Å². The maximum atomic E-state index is 13.3. The standard InChI is InChI=1S/C21H24FNO3/c1-5-26-20-14-16(9-10-19(20)25-4)15(2)11-12-23(3)21(24)17-7-6-8-18(22)13-17/h6-10,13-14H,2,5,11-12H2,1,3-4H3. The number of halogens is 1. The van der Waals surface area contributed by atoms with Gasteiger partial charge in [0, 0.05) is 19.2 Å². The molecule has 1 amide bonds. The first-order chi connectivity index (χ1) is 12.5. The van der Waals surface area contributed by atoms with Crippen molar-refractivity contribution >= 4 is 11.5 Å². The number of hydrogen-bond acceptors (Lipinski definition) is 3. The molecule has 0 aliphatic rings. The molecule has 0 heterocycles. The minimum atomic E-state index is -0.421. The molecular formula is C21H24FNO3. The van der Waals surface area contributed by atoms with Crippen LogP contribution in [0, 0.1) is 5.82 Å². The van der Waals surface area contributed by atoms with Gasteiger partial charge in [0.15, 0.2) is 11.5 Å². The van der Waals surface area contributed by atoms with Gasteiger partial charge in [-0.25, -0.2) is 4.39 Å². The number of amides is 1. The Morgan fingerprint density at radius 3 is 2.58 bits per heavy atom. The van der Waals surface area contributed by atoms with Gasteiger partial charge < -0.3 is 14.4 Å². The number of ether oxygens (including phenoxy) is 2. The number of methoxy groups -OCH3 is 1. The lowest BCUT2D eigenvalue weighted by atomic mass is 10.0. The van der Waals surface area contributed by atoms with Crippen LogP contribution in [0.5, 0.6) is 11.5 Å². The van der Waals surface area contributed by atoms with Crippen molar-refractivity contribution in [2.75, 3.05) is 27.3 Å². The summed E-state index contributed by atoms with van der Waals surface area (Å²) in [7, 11) is 3.29. The molecule has 5 heteroatoms. The van der Waals surface area contributed by atoms with Crippen LogP contribution in [-0.2, 0) is 0 Å². The van der Waals surface area contributed by atoms with Crippen molar-refractivity contribution in [3.8, 4) is 11.5 Å². The Hall–Kier alpha value is -2.82. The number of rotatable bonds is 8. The average Bonchev–Trinajstić information content (AvgIpc) is 2.65. The molecule has 0 atom stereocenters. The van der Waals surface area contributed by atoms with E-state index in [0.29, 0.717) is 36.6 Å². The summed E-state index contributed by atoms with van der Waals surface area (Å²) in [6, 6.07) is 11.3. The minimum absolute atomic E-state index is 0.220. The van der Waals surface area contributed by atoms with Gasteiger partial charge in [-0.3, -0.25) is 4.79 Å². The third-order valence-electron chi connectivity index (χ3n) is 4.04. The van der Waals surface area contributed by atoms with Crippen LogP contribution in [0.4, 0.5) is 4.39 Å². The Bertz CT molecular complexity index is 789. The molecule has 0 radical (unpaired) electrons. The summed E-state index contributed by atoms with van der Waals surface area (Å²) >= 11 is 0. The van der Waals surface area contributed by atoms with Gasteiger partial charge in [-0.15, -0.1) is 0 Å². The zero-order valence-corrected chi connectivity index (χ0v) is 15.4. The smallest absolute Gasteiger partial charge is 0.253 e. The van der Waals surface area contributed by atoms with Crippen LogP contribution in [0.25, 0.3) is 5.57 Å². The zero-order chi connectivity index (χ0) is 19.1. The van der Waals surface area contributed by atoms with Crippen LogP contribution >= 0.6 is 0 Å². The Morgan fingerprint density at radius 1 is 1.15 bits per heavy atom.